The molecule has 6 nitrogen and oxygen atoms in total. The summed E-state index contributed by atoms with van der Waals surface area (Å²) in [7, 11) is 1.56. The van der Waals surface area contributed by atoms with E-state index in [1.54, 1.807) is 44.4 Å². The first-order valence-electron chi connectivity index (χ1n) is 7.67. The quantitative estimate of drug-likeness (QED) is 0.914. The van der Waals surface area contributed by atoms with Gasteiger partial charge in [-0.25, -0.2) is 0 Å². The molecule has 126 valence electrons. The SMILES string of the molecule is COc1ccccc1O[C@H](C)C(=O)Nc1ccc2c(c1)OCCO2. The fourth-order valence-electron chi connectivity index (χ4n) is 2.33. The Balaban J connectivity index is 1.66. The molecule has 2 aromatic rings. The third kappa shape index (κ3) is 3.53. The molecule has 0 aliphatic carbocycles. The molecule has 0 unspecified atom stereocenters. The lowest BCUT2D eigenvalue weighted by Crippen LogP contribution is -2.30. The molecule has 1 N–H and O–H groups in total. The highest BCUT2D eigenvalue weighted by Crippen LogP contribution is 2.33. The Labute approximate surface area is 140 Å². The highest BCUT2D eigenvalue weighted by molar-refractivity contribution is 5.94. The molecule has 1 heterocycles. The molecular weight excluding hydrogens is 310 g/mol. The number of ether oxygens (including phenoxy) is 4. The molecule has 0 bridgehead atoms. The van der Waals surface area contributed by atoms with Crippen molar-refractivity contribution in [2.24, 2.45) is 0 Å². The summed E-state index contributed by atoms with van der Waals surface area (Å²) in [4.78, 5) is 12.3. The first kappa shape index (κ1) is 16.0. The molecule has 1 aliphatic rings. The Morgan fingerprint density at radius 2 is 1.79 bits per heavy atom. The minimum absolute atomic E-state index is 0.266. The molecule has 1 amide bonds. The second-order valence-electron chi connectivity index (χ2n) is 5.26. The van der Waals surface area contributed by atoms with Crippen LogP contribution in [0, 0.1) is 0 Å². The molecule has 6 heteroatoms. The van der Waals surface area contributed by atoms with E-state index in [1.807, 2.05) is 12.1 Å². The standard InChI is InChI=1S/C18H19NO5/c1-12(24-16-6-4-3-5-14(16)21-2)18(20)19-13-7-8-15-17(11-13)23-10-9-22-15/h3-8,11-12H,9-10H2,1-2H3,(H,19,20)/t12-/m1/s1. The number of nitrogens with one attached hydrogen (secondary N) is 1. The van der Waals surface area contributed by atoms with Gasteiger partial charge in [0, 0.05) is 11.8 Å². The van der Waals surface area contributed by atoms with Crippen LogP contribution in [0.5, 0.6) is 23.0 Å². The van der Waals surface area contributed by atoms with Crippen molar-refractivity contribution < 1.29 is 23.7 Å². The second-order valence-corrected chi connectivity index (χ2v) is 5.26. The number of carbonyl (C=O) groups is 1. The van der Waals surface area contributed by atoms with Crippen molar-refractivity contribution in [3.05, 3.63) is 42.5 Å². The van der Waals surface area contributed by atoms with E-state index in [0.717, 1.165) is 0 Å². The first-order chi connectivity index (χ1) is 11.7. The molecule has 0 aromatic heterocycles. The van der Waals surface area contributed by atoms with Crippen molar-refractivity contribution in [1.82, 2.24) is 0 Å². The van der Waals surface area contributed by atoms with Gasteiger partial charge in [-0.15, -0.1) is 0 Å². The number of para-hydroxylation sites is 2. The zero-order valence-electron chi connectivity index (χ0n) is 13.6. The fourth-order valence-corrected chi connectivity index (χ4v) is 2.33. The largest absolute Gasteiger partial charge is 0.493 e. The number of rotatable bonds is 5. The lowest BCUT2D eigenvalue weighted by Gasteiger charge is -2.20. The van der Waals surface area contributed by atoms with Gasteiger partial charge in [0.2, 0.25) is 0 Å². The van der Waals surface area contributed by atoms with E-state index in [1.165, 1.54) is 0 Å². The van der Waals surface area contributed by atoms with Crippen LogP contribution in [0.2, 0.25) is 0 Å². The van der Waals surface area contributed by atoms with Gasteiger partial charge in [0.15, 0.2) is 29.1 Å². The maximum absolute atomic E-state index is 12.3. The number of hydrogen-bond donors (Lipinski definition) is 1. The zero-order valence-corrected chi connectivity index (χ0v) is 13.6. The molecule has 3 rings (SSSR count). The van der Waals surface area contributed by atoms with E-state index < -0.39 is 6.10 Å². The van der Waals surface area contributed by atoms with Gasteiger partial charge in [-0.3, -0.25) is 4.79 Å². The van der Waals surface area contributed by atoms with Crippen molar-refractivity contribution in [3.8, 4) is 23.0 Å². The summed E-state index contributed by atoms with van der Waals surface area (Å²) < 4.78 is 21.9. The van der Waals surface area contributed by atoms with Gasteiger partial charge < -0.3 is 24.3 Å². The Morgan fingerprint density at radius 3 is 2.54 bits per heavy atom. The maximum Gasteiger partial charge on any atom is 0.265 e. The van der Waals surface area contributed by atoms with E-state index in [-0.39, 0.29) is 5.91 Å². The van der Waals surface area contributed by atoms with E-state index in [9.17, 15) is 4.79 Å². The van der Waals surface area contributed by atoms with Crippen LogP contribution in [0.3, 0.4) is 0 Å². The maximum atomic E-state index is 12.3. The van der Waals surface area contributed by atoms with Crippen LogP contribution in [-0.4, -0.2) is 32.3 Å². The van der Waals surface area contributed by atoms with Crippen molar-refractivity contribution in [1.29, 1.82) is 0 Å². The molecule has 0 radical (unpaired) electrons. The van der Waals surface area contributed by atoms with Crippen LogP contribution in [0.15, 0.2) is 42.5 Å². The first-order valence-corrected chi connectivity index (χ1v) is 7.67. The summed E-state index contributed by atoms with van der Waals surface area (Å²) in [5, 5.41) is 2.81. The summed E-state index contributed by atoms with van der Waals surface area (Å²) in [5.41, 5.74) is 0.625. The minimum atomic E-state index is -0.686. The normalized spacial score (nSPS) is 13.8. The summed E-state index contributed by atoms with van der Waals surface area (Å²) in [5.74, 6) is 2.13. The number of amides is 1. The zero-order chi connectivity index (χ0) is 16.9. The molecule has 1 atom stereocenters. The van der Waals surface area contributed by atoms with E-state index in [4.69, 9.17) is 18.9 Å². The lowest BCUT2D eigenvalue weighted by molar-refractivity contribution is -0.122. The van der Waals surface area contributed by atoms with Crippen LogP contribution in [0.25, 0.3) is 0 Å². The van der Waals surface area contributed by atoms with Crippen LogP contribution in [0.4, 0.5) is 5.69 Å². The molecular formula is C18H19NO5. The number of methoxy groups -OCH3 is 1. The summed E-state index contributed by atoms with van der Waals surface area (Å²) >= 11 is 0. The number of fused-ring (bicyclic) bond motifs is 1. The molecule has 0 saturated carbocycles. The van der Waals surface area contributed by atoms with Gasteiger partial charge >= 0.3 is 0 Å². The predicted octanol–water partition coefficient (Wildman–Crippen LogP) is 2.87. The van der Waals surface area contributed by atoms with Crippen LogP contribution < -0.4 is 24.3 Å². The van der Waals surface area contributed by atoms with E-state index in [0.29, 0.717) is 41.9 Å². The molecule has 0 fully saturated rings. The highest BCUT2D eigenvalue weighted by Gasteiger charge is 2.18. The minimum Gasteiger partial charge on any atom is -0.493 e. The second kappa shape index (κ2) is 7.12. The summed E-state index contributed by atoms with van der Waals surface area (Å²) in [6, 6.07) is 12.5. The third-order valence-corrected chi connectivity index (χ3v) is 3.55. The van der Waals surface area contributed by atoms with Crippen LogP contribution >= 0.6 is 0 Å². The summed E-state index contributed by atoms with van der Waals surface area (Å²) in [6.07, 6.45) is -0.686. The third-order valence-electron chi connectivity index (χ3n) is 3.55. The molecule has 0 spiro atoms. The van der Waals surface area contributed by atoms with Gasteiger partial charge in [-0.2, -0.15) is 0 Å². The average Bonchev–Trinajstić information content (AvgIpc) is 2.62. The van der Waals surface area contributed by atoms with E-state index in [2.05, 4.69) is 5.32 Å². The van der Waals surface area contributed by atoms with Crippen LogP contribution in [-0.2, 0) is 4.79 Å². The lowest BCUT2D eigenvalue weighted by atomic mass is 10.2. The smallest absolute Gasteiger partial charge is 0.265 e. The van der Waals surface area contributed by atoms with Gasteiger partial charge in [-0.1, -0.05) is 12.1 Å². The molecule has 1 aliphatic heterocycles. The van der Waals surface area contributed by atoms with Gasteiger partial charge in [0.25, 0.3) is 5.91 Å². The molecule has 24 heavy (non-hydrogen) atoms. The van der Waals surface area contributed by atoms with Crippen molar-refractivity contribution in [2.45, 2.75) is 13.0 Å². The van der Waals surface area contributed by atoms with Crippen molar-refractivity contribution in [3.63, 3.8) is 0 Å². The highest BCUT2D eigenvalue weighted by atomic mass is 16.6. The van der Waals surface area contributed by atoms with Gasteiger partial charge in [0.1, 0.15) is 13.2 Å². The molecule has 2 aromatic carbocycles. The van der Waals surface area contributed by atoms with Crippen LogP contribution in [0.1, 0.15) is 6.92 Å². The Bertz CT molecular complexity index is 731. The Kier molecular flexibility index (Phi) is 4.74. The Hall–Kier alpha value is -2.89. The number of anilines is 1. The monoisotopic (exact) mass is 329 g/mol. The van der Waals surface area contributed by atoms with Crippen molar-refractivity contribution >= 4 is 11.6 Å². The Morgan fingerprint density at radius 1 is 1.08 bits per heavy atom. The number of benzene rings is 2. The molecule has 0 saturated heterocycles. The number of hydrogen-bond acceptors (Lipinski definition) is 5. The fraction of sp³-hybridized carbons (Fsp3) is 0.278. The van der Waals surface area contributed by atoms with Gasteiger partial charge in [0.05, 0.1) is 7.11 Å². The number of carbonyl (C=O) groups excluding carboxylic acids is 1. The average molecular weight is 329 g/mol. The van der Waals surface area contributed by atoms with Crippen molar-refractivity contribution in [2.75, 3.05) is 25.6 Å². The van der Waals surface area contributed by atoms with E-state index >= 15 is 0 Å². The topological polar surface area (TPSA) is 66.0 Å². The van der Waals surface area contributed by atoms with Gasteiger partial charge in [-0.05, 0) is 31.2 Å². The predicted molar refractivity (Wildman–Crippen MR) is 89.1 cm³/mol. The summed E-state index contributed by atoms with van der Waals surface area (Å²) in [6.45, 7) is 2.71.